The van der Waals surface area contributed by atoms with Crippen LogP contribution in [0.15, 0.2) is 71.6 Å². The minimum atomic E-state index is -4.57. The molecule has 0 heterocycles. The molecule has 1 atom stereocenters. The normalized spacial score (nSPS) is 12.8. The molecule has 3 aromatic rings. The third kappa shape index (κ3) is 6.55. The number of ether oxygens (including phenoxy) is 1. The summed E-state index contributed by atoms with van der Waals surface area (Å²) in [5, 5.41) is 3.87. The van der Waals surface area contributed by atoms with Gasteiger partial charge in [0.05, 0.1) is 16.9 Å². The molecule has 0 aliphatic carbocycles. The highest BCUT2D eigenvalue weighted by Crippen LogP contribution is 2.30. The molecule has 180 valence electrons. The van der Waals surface area contributed by atoms with Crippen LogP contribution in [0.25, 0.3) is 10.8 Å². The lowest BCUT2D eigenvalue weighted by Crippen LogP contribution is -2.32. The van der Waals surface area contributed by atoms with E-state index in [1.54, 1.807) is 18.2 Å². The molecule has 0 aliphatic rings. The van der Waals surface area contributed by atoms with Crippen molar-refractivity contribution in [2.45, 2.75) is 30.5 Å². The molecule has 0 unspecified atom stereocenters. The average Bonchev–Trinajstić information content (AvgIpc) is 2.78. The Bertz CT molecular complexity index is 1310. The van der Waals surface area contributed by atoms with Crippen molar-refractivity contribution in [2.24, 2.45) is 0 Å². The van der Waals surface area contributed by atoms with Crippen LogP contribution in [0.3, 0.4) is 0 Å². The van der Waals surface area contributed by atoms with Gasteiger partial charge in [0.2, 0.25) is 10.0 Å². The first kappa shape index (κ1) is 25.2. The predicted octanol–water partition coefficient (Wildman–Crippen LogP) is 4.10. The molecule has 0 aliphatic heterocycles. The number of alkyl halides is 3. The lowest BCUT2D eigenvalue weighted by molar-refractivity contribution is -0.152. The Balaban J connectivity index is 1.50. The molecule has 7 nitrogen and oxygen atoms in total. The summed E-state index contributed by atoms with van der Waals surface area (Å²) in [6.45, 7) is 0.982. The highest BCUT2D eigenvalue weighted by atomic mass is 32.2. The number of nitrogens with one attached hydrogen (secondary N) is 2. The van der Waals surface area contributed by atoms with E-state index in [0.717, 1.165) is 29.0 Å². The summed E-state index contributed by atoms with van der Waals surface area (Å²) in [4.78, 5) is 24.2. The second-order valence-corrected chi connectivity index (χ2v) is 9.12. The summed E-state index contributed by atoms with van der Waals surface area (Å²) >= 11 is 0. The van der Waals surface area contributed by atoms with E-state index in [-0.39, 0.29) is 23.5 Å². The number of amides is 1. The molecule has 34 heavy (non-hydrogen) atoms. The molecule has 0 saturated heterocycles. The van der Waals surface area contributed by atoms with Gasteiger partial charge in [0.15, 0.2) is 6.10 Å². The number of hydrogen-bond donors (Lipinski definition) is 2. The fourth-order valence-corrected chi connectivity index (χ4v) is 4.10. The Morgan fingerprint density at radius 2 is 1.68 bits per heavy atom. The molecule has 0 bridgehead atoms. The minimum absolute atomic E-state index is 0.0356. The van der Waals surface area contributed by atoms with Gasteiger partial charge in [-0.15, -0.1) is 0 Å². The first-order valence-electron chi connectivity index (χ1n) is 10.1. The summed E-state index contributed by atoms with van der Waals surface area (Å²) in [5.41, 5.74) is -1.04. The average molecular weight is 494 g/mol. The van der Waals surface area contributed by atoms with Crippen molar-refractivity contribution in [3.8, 4) is 0 Å². The van der Waals surface area contributed by atoms with Crippen molar-refractivity contribution in [3.05, 3.63) is 72.3 Å². The van der Waals surface area contributed by atoms with Gasteiger partial charge in [-0.1, -0.05) is 36.4 Å². The van der Waals surface area contributed by atoms with Gasteiger partial charge >= 0.3 is 12.1 Å². The number of fused-ring (bicyclic) bond motifs is 1. The third-order valence-electron chi connectivity index (χ3n) is 4.79. The first-order valence-corrected chi connectivity index (χ1v) is 11.6. The topological polar surface area (TPSA) is 102 Å². The molecule has 0 spiro atoms. The van der Waals surface area contributed by atoms with Gasteiger partial charge < -0.3 is 10.1 Å². The molecule has 1 amide bonds. The van der Waals surface area contributed by atoms with E-state index >= 15 is 0 Å². The van der Waals surface area contributed by atoms with Crippen molar-refractivity contribution in [1.29, 1.82) is 0 Å². The SMILES string of the molecule is C[C@H](OC(=O)CCNS(=O)(=O)c1ccc2ccccc2c1)C(=O)Nc1cccc(C(F)(F)F)c1. The zero-order chi connectivity index (χ0) is 24.9. The number of esters is 1. The van der Waals surface area contributed by atoms with Gasteiger partial charge in [0.1, 0.15) is 0 Å². The highest BCUT2D eigenvalue weighted by Gasteiger charge is 2.30. The molecule has 0 radical (unpaired) electrons. The number of sulfonamides is 1. The number of rotatable bonds is 8. The van der Waals surface area contributed by atoms with Crippen molar-refractivity contribution < 1.29 is 35.9 Å². The maximum Gasteiger partial charge on any atom is 0.416 e. The van der Waals surface area contributed by atoms with E-state index < -0.39 is 39.7 Å². The van der Waals surface area contributed by atoms with E-state index in [1.165, 1.54) is 25.1 Å². The van der Waals surface area contributed by atoms with Gasteiger partial charge in [-0.3, -0.25) is 9.59 Å². The van der Waals surface area contributed by atoms with E-state index in [4.69, 9.17) is 4.74 Å². The van der Waals surface area contributed by atoms with Crippen LogP contribution < -0.4 is 10.0 Å². The maximum atomic E-state index is 12.8. The molecule has 3 rings (SSSR count). The van der Waals surface area contributed by atoms with Crippen LogP contribution in [-0.4, -0.2) is 32.9 Å². The van der Waals surface area contributed by atoms with Gasteiger partial charge in [0, 0.05) is 12.2 Å². The first-order chi connectivity index (χ1) is 16.0. The monoisotopic (exact) mass is 494 g/mol. The molecular weight excluding hydrogens is 473 g/mol. The van der Waals surface area contributed by atoms with E-state index in [9.17, 15) is 31.2 Å². The number of halogens is 3. The van der Waals surface area contributed by atoms with E-state index in [2.05, 4.69) is 10.0 Å². The largest absolute Gasteiger partial charge is 0.452 e. The third-order valence-corrected chi connectivity index (χ3v) is 6.25. The van der Waals surface area contributed by atoms with Crippen molar-refractivity contribution in [1.82, 2.24) is 4.72 Å². The lowest BCUT2D eigenvalue weighted by Gasteiger charge is -2.15. The molecular formula is C23H21F3N2O5S. The molecule has 11 heteroatoms. The van der Waals surface area contributed by atoms with Crippen LogP contribution >= 0.6 is 0 Å². The molecule has 2 N–H and O–H groups in total. The van der Waals surface area contributed by atoms with Crippen LogP contribution in [-0.2, 0) is 30.5 Å². The van der Waals surface area contributed by atoms with E-state index in [0.29, 0.717) is 0 Å². The van der Waals surface area contributed by atoms with Crippen molar-refractivity contribution in [3.63, 3.8) is 0 Å². The van der Waals surface area contributed by atoms with Crippen LogP contribution in [0.5, 0.6) is 0 Å². The predicted molar refractivity (Wildman–Crippen MR) is 119 cm³/mol. The van der Waals surface area contributed by atoms with Crippen molar-refractivity contribution >= 4 is 38.4 Å². The second-order valence-electron chi connectivity index (χ2n) is 7.36. The Morgan fingerprint density at radius 1 is 0.971 bits per heavy atom. The highest BCUT2D eigenvalue weighted by molar-refractivity contribution is 7.89. The molecule has 3 aromatic carbocycles. The molecule has 0 saturated carbocycles. The number of carbonyl (C=O) groups excluding carboxylic acids is 2. The van der Waals surface area contributed by atoms with Crippen LogP contribution in [0.1, 0.15) is 18.9 Å². The Hall–Kier alpha value is -3.44. The lowest BCUT2D eigenvalue weighted by atomic mass is 10.1. The van der Waals surface area contributed by atoms with Gasteiger partial charge in [-0.05, 0) is 48.0 Å². The zero-order valence-corrected chi connectivity index (χ0v) is 18.7. The van der Waals surface area contributed by atoms with E-state index in [1.807, 2.05) is 12.1 Å². The fourth-order valence-electron chi connectivity index (χ4n) is 3.03. The summed E-state index contributed by atoms with van der Waals surface area (Å²) in [6, 6.07) is 15.9. The Labute approximate surface area is 194 Å². The van der Waals surface area contributed by atoms with Crippen molar-refractivity contribution in [2.75, 3.05) is 11.9 Å². The smallest absolute Gasteiger partial charge is 0.416 e. The van der Waals surface area contributed by atoms with Gasteiger partial charge in [-0.25, -0.2) is 13.1 Å². The number of benzene rings is 3. The number of carbonyl (C=O) groups is 2. The zero-order valence-electron chi connectivity index (χ0n) is 17.9. The van der Waals surface area contributed by atoms with Crippen LogP contribution in [0.4, 0.5) is 18.9 Å². The standard InChI is InChI=1S/C23H21F3N2O5S/c1-15(22(30)28-19-8-4-7-18(14-19)23(24,25)26)33-21(29)11-12-27-34(31,32)20-10-9-16-5-2-3-6-17(16)13-20/h2-10,13-15,27H,11-12H2,1H3,(H,28,30)/t15-/m0/s1. The Kier molecular flexibility index (Phi) is 7.57. The number of anilines is 1. The van der Waals surface area contributed by atoms with Gasteiger partial charge in [0.25, 0.3) is 5.91 Å². The number of hydrogen-bond acceptors (Lipinski definition) is 5. The van der Waals surface area contributed by atoms with Crippen LogP contribution in [0.2, 0.25) is 0 Å². The second kappa shape index (κ2) is 10.2. The Morgan fingerprint density at radius 3 is 2.38 bits per heavy atom. The molecule has 0 fully saturated rings. The van der Waals surface area contributed by atoms with Gasteiger partial charge in [-0.2, -0.15) is 13.2 Å². The molecule has 0 aromatic heterocycles. The summed E-state index contributed by atoms with van der Waals surface area (Å²) in [5.74, 6) is -1.68. The van der Waals surface area contributed by atoms with Crippen LogP contribution in [0, 0.1) is 0 Å². The maximum absolute atomic E-state index is 12.8. The quantitative estimate of drug-likeness (QED) is 0.459. The minimum Gasteiger partial charge on any atom is -0.452 e. The summed E-state index contributed by atoms with van der Waals surface area (Å²) in [7, 11) is -3.88. The fraction of sp³-hybridized carbons (Fsp3) is 0.217. The summed E-state index contributed by atoms with van der Waals surface area (Å²) < 4.78 is 70.6. The summed E-state index contributed by atoms with van der Waals surface area (Å²) in [6.07, 6.45) is -6.23.